The number of benzene rings is 2. The first-order chi connectivity index (χ1) is 15.3. The second-order valence-corrected chi connectivity index (χ2v) is 7.80. The molecule has 168 valence electrons. The molecule has 0 saturated heterocycles. The highest BCUT2D eigenvalue weighted by atomic mass is 35.5. The van der Waals surface area contributed by atoms with Gasteiger partial charge in [-0.2, -0.15) is 18.3 Å². The Balaban J connectivity index is 1.57. The van der Waals surface area contributed by atoms with E-state index in [0.717, 1.165) is 4.68 Å². The number of hydrogen-bond donors (Lipinski definition) is 2. The minimum atomic E-state index is -4.53. The van der Waals surface area contributed by atoms with Crippen LogP contribution in [0.1, 0.15) is 40.1 Å². The van der Waals surface area contributed by atoms with Gasteiger partial charge in [0.05, 0.1) is 13.2 Å². The lowest BCUT2D eigenvalue weighted by atomic mass is 9.97. The van der Waals surface area contributed by atoms with E-state index >= 15 is 0 Å². The van der Waals surface area contributed by atoms with E-state index in [0.29, 0.717) is 21.9 Å². The van der Waals surface area contributed by atoms with E-state index in [4.69, 9.17) is 16.3 Å². The number of hydrogen-bond acceptors (Lipinski definition) is 4. The average molecular weight is 465 g/mol. The number of nitrogens with zero attached hydrogens (tertiary/aromatic N) is 2. The number of fused-ring (bicyclic) bond motifs is 1. The molecule has 0 aliphatic carbocycles. The third-order valence-corrected chi connectivity index (χ3v) is 5.71. The molecule has 1 aliphatic heterocycles. The van der Waals surface area contributed by atoms with E-state index in [-0.39, 0.29) is 24.5 Å². The molecule has 10 heteroatoms. The first kappa shape index (κ1) is 22.0. The minimum absolute atomic E-state index is 0.107. The summed E-state index contributed by atoms with van der Waals surface area (Å²) in [4.78, 5) is 12.6. The van der Waals surface area contributed by atoms with Crippen molar-refractivity contribution in [1.29, 1.82) is 0 Å². The predicted octanol–water partition coefficient (Wildman–Crippen LogP) is 5.14. The molecule has 0 saturated carbocycles. The number of carbonyl (C=O) groups is 1. The molecule has 2 heterocycles. The van der Waals surface area contributed by atoms with Crippen molar-refractivity contribution in [2.75, 3.05) is 12.4 Å². The summed E-state index contributed by atoms with van der Waals surface area (Å²) < 4.78 is 47.4. The maximum Gasteiger partial charge on any atom is 0.410 e. The Morgan fingerprint density at radius 2 is 1.97 bits per heavy atom. The maximum absolute atomic E-state index is 13.8. The van der Waals surface area contributed by atoms with Crippen LogP contribution in [0.15, 0.2) is 54.6 Å². The number of anilines is 1. The van der Waals surface area contributed by atoms with Gasteiger partial charge in [-0.05, 0) is 29.3 Å². The summed E-state index contributed by atoms with van der Waals surface area (Å²) in [5, 5.41) is 10.2. The Morgan fingerprint density at radius 3 is 2.62 bits per heavy atom. The molecule has 1 amide bonds. The summed E-state index contributed by atoms with van der Waals surface area (Å²) in [6.45, 7) is 0.130. The van der Waals surface area contributed by atoms with Crippen LogP contribution in [-0.2, 0) is 6.54 Å². The molecule has 0 bridgehead atoms. The monoisotopic (exact) mass is 464 g/mol. The molecule has 0 radical (unpaired) electrons. The summed E-state index contributed by atoms with van der Waals surface area (Å²) in [6, 6.07) is 12.7. The van der Waals surface area contributed by atoms with Crippen molar-refractivity contribution < 1.29 is 22.7 Å². The zero-order chi connectivity index (χ0) is 22.9. The Hall–Kier alpha value is -3.20. The molecule has 3 aromatic rings. The highest BCUT2D eigenvalue weighted by molar-refractivity contribution is 6.31. The fraction of sp³-hybridized carbons (Fsp3) is 0.273. The molecule has 2 atom stereocenters. The van der Waals surface area contributed by atoms with Crippen LogP contribution in [0.4, 0.5) is 19.0 Å². The van der Waals surface area contributed by atoms with Gasteiger partial charge in [0.1, 0.15) is 11.6 Å². The third-order valence-electron chi connectivity index (χ3n) is 5.34. The number of methoxy groups -OCH3 is 1. The minimum Gasteiger partial charge on any atom is -0.497 e. The number of ether oxygens (including phenoxy) is 1. The van der Waals surface area contributed by atoms with Crippen LogP contribution in [0.3, 0.4) is 0 Å². The van der Waals surface area contributed by atoms with Crippen LogP contribution in [0.2, 0.25) is 5.02 Å². The van der Waals surface area contributed by atoms with Crippen LogP contribution in [0.25, 0.3) is 0 Å². The number of alkyl halides is 3. The highest BCUT2D eigenvalue weighted by Crippen LogP contribution is 2.43. The number of rotatable bonds is 5. The number of aromatic nitrogens is 2. The van der Waals surface area contributed by atoms with Crippen molar-refractivity contribution >= 4 is 23.3 Å². The largest absolute Gasteiger partial charge is 0.497 e. The average Bonchev–Trinajstić information content (AvgIpc) is 3.21. The normalized spacial score (nSPS) is 17.9. The van der Waals surface area contributed by atoms with Gasteiger partial charge < -0.3 is 15.4 Å². The maximum atomic E-state index is 13.8. The molecule has 2 aromatic carbocycles. The summed E-state index contributed by atoms with van der Waals surface area (Å²) in [5.74, 6) is 0.150. The molecule has 32 heavy (non-hydrogen) atoms. The first-order valence-corrected chi connectivity index (χ1v) is 10.2. The van der Waals surface area contributed by atoms with Crippen LogP contribution < -0.4 is 15.4 Å². The van der Waals surface area contributed by atoms with E-state index in [1.807, 2.05) is 0 Å². The van der Waals surface area contributed by atoms with Gasteiger partial charge in [0.15, 0.2) is 11.7 Å². The van der Waals surface area contributed by atoms with E-state index in [1.165, 1.54) is 13.2 Å². The fourth-order valence-corrected chi connectivity index (χ4v) is 3.85. The van der Waals surface area contributed by atoms with Crippen molar-refractivity contribution in [3.8, 4) is 5.75 Å². The summed E-state index contributed by atoms with van der Waals surface area (Å²) in [6.07, 6.45) is -4.79. The predicted molar refractivity (Wildman–Crippen MR) is 114 cm³/mol. The van der Waals surface area contributed by atoms with Crippen LogP contribution in [-0.4, -0.2) is 29.0 Å². The first-order valence-electron chi connectivity index (χ1n) is 9.84. The zero-order valence-corrected chi connectivity index (χ0v) is 17.7. The molecule has 4 rings (SSSR count). The van der Waals surface area contributed by atoms with Gasteiger partial charge in [-0.3, -0.25) is 4.79 Å². The van der Waals surface area contributed by atoms with Gasteiger partial charge in [0, 0.05) is 24.1 Å². The number of nitrogens with one attached hydrogen (secondary N) is 2. The van der Waals surface area contributed by atoms with Crippen molar-refractivity contribution in [1.82, 2.24) is 15.1 Å². The number of amides is 1. The van der Waals surface area contributed by atoms with Gasteiger partial charge in [-0.1, -0.05) is 41.9 Å². The Kier molecular flexibility index (Phi) is 6.01. The molecule has 2 N–H and O–H groups in total. The van der Waals surface area contributed by atoms with E-state index in [2.05, 4.69) is 15.7 Å². The molecular weight excluding hydrogens is 445 g/mol. The van der Waals surface area contributed by atoms with Gasteiger partial charge in [0.2, 0.25) is 0 Å². The summed E-state index contributed by atoms with van der Waals surface area (Å²) >= 11 is 6.08. The van der Waals surface area contributed by atoms with Crippen LogP contribution in [0.5, 0.6) is 5.75 Å². The summed E-state index contributed by atoms with van der Waals surface area (Å²) in [7, 11) is 1.52. The van der Waals surface area contributed by atoms with Crippen LogP contribution >= 0.6 is 11.6 Å². The van der Waals surface area contributed by atoms with Gasteiger partial charge in [0.25, 0.3) is 5.91 Å². The van der Waals surface area contributed by atoms with Crippen LogP contribution in [0, 0.1) is 0 Å². The van der Waals surface area contributed by atoms with Crippen molar-refractivity contribution in [2.24, 2.45) is 0 Å². The number of carbonyl (C=O) groups excluding carboxylic acids is 1. The van der Waals surface area contributed by atoms with Gasteiger partial charge in [-0.15, -0.1) is 0 Å². The standard InChI is InChI=1S/C22H20ClF3N4O2/c1-32-15-8-6-13(7-9-15)17-10-19(22(24,25)26)30-20(28-17)11-18(29-30)21(31)27-12-14-4-2-3-5-16(14)23/h2-9,11,17,19,28H,10,12H2,1H3,(H,27,31)/t17-,19-/m0/s1. The topological polar surface area (TPSA) is 68.2 Å². The molecule has 1 aliphatic rings. The lowest BCUT2D eigenvalue weighted by Crippen LogP contribution is -2.35. The Morgan fingerprint density at radius 1 is 1.25 bits per heavy atom. The van der Waals surface area contributed by atoms with Crippen molar-refractivity contribution in [3.05, 3.63) is 76.4 Å². The molecule has 0 spiro atoms. The lowest BCUT2D eigenvalue weighted by molar-refractivity contribution is -0.173. The molecule has 0 fully saturated rings. The number of halogens is 4. The molecule has 1 aromatic heterocycles. The lowest BCUT2D eigenvalue weighted by Gasteiger charge is -2.33. The van der Waals surface area contributed by atoms with E-state index < -0.39 is 24.2 Å². The SMILES string of the molecule is COc1ccc([C@@H]2C[C@@H](C(F)(F)F)n3nc(C(=O)NCc4ccccc4Cl)cc3N2)cc1. The summed E-state index contributed by atoms with van der Waals surface area (Å²) in [5.41, 5.74) is 1.26. The second kappa shape index (κ2) is 8.74. The van der Waals surface area contributed by atoms with Crippen molar-refractivity contribution in [3.63, 3.8) is 0 Å². The quantitative estimate of drug-likeness (QED) is 0.549. The second-order valence-electron chi connectivity index (χ2n) is 7.40. The fourth-order valence-electron chi connectivity index (χ4n) is 3.65. The smallest absolute Gasteiger partial charge is 0.410 e. The van der Waals surface area contributed by atoms with E-state index in [1.54, 1.807) is 48.5 Å². The zero-order valence-electron chi connectivity index (χ0n) is 17.0. The third kappa shape index (κ3) is 4.52. The molecule has 6 nitrogen and oxygen atoms in total. The van der Waals surface area contributed by atoms with Crippen molar-refractivity contribution in [2.45, 2.75) is 31.2 Å². The Bertz CT molecular complexity index is 1120. The molecular formula is C22H20ClF3N4O2. The van der Waals surface area contributed by atoms with Gasteiger partial charge >= 0.3 is 6.18 Å². The Labute approximate surface area is 187 Å². The highest BCUT2D eigenvalue weighted by Gasteiger charge is 2.46. The molecule has 0 unspecified atom stereocenters. The van der Waals surface area contributed by atoms with Gasteiger partial charge in [-0.25, -0.2) is 4.68 Å². The van der Waals surface area contributed by atoms with E-state index in [9.17, 15) is 18.0 Å².